The van der Waals surface area contributed by atoms with Crippen LogP contribution in [0.1, 0.15) is 9.67 Å². The van der Waals surface area contributed by atoms with E-state index < -0.39 is 0 Å². The number of ketones is 1. The highest BCUT2D eigenvalue weighted by Gasteiger charge is 2.37. The van der Waals surface area contributed by atoms with Gasteiger partial charge in [-0.25, -0.2) is 0 Å². The Kier molecular flexibility index (Phi) is 2.75. The van der Waals surface area contributed by atoms with E-state index in [2.05, 4.69) is 9.80 Å². The normalized spacial score (nSPS) is 32.9. The molecule has 1 atom stereocenters. The van der Waals surface area contributed by atoms with Gasteiger partial charge in [0.15, 0.2) is 5.78 Å². The van der Waals surface area contributed by atoms with Crippen molar-refractivity contribution in [2.45, 2.75) is 6.04 Å². The maximum absolute atomic E-state index is 12.3. The van der Waals surface area contributed by atoms with E-state index in [9.17, 15) is 4.79 Å². The fourth-order valence-electron chi connectivity index (χ4n) is 2.49. The van der Waals surface area contributed by atoms with Gasteiger partial charge in [0.05, 0.1) is 15.9 Å². The number of rotatable bonds is 2. The van der Waals surface area contributed by atoms with Crippen LogP contribution in [0.15, 0.2) is 11.4 Å². The molecule has 0 saturated carbocycles. The molecule has 1 aromatic rings. The van der Waals surface area contributed by atoms with Crippen molar-refractivity contribution in [1.82, 2.24) is 9.80 Å². The van der Waals surface area contributed by atoms with Crippen molar-refractivity contribution in [2.75, 3.05) is 32.7 Å². The van der Waals surface area contributed by atoms with E-state index in [1.54, 1.807) is 6.07 Å². The topological polar surface area (TPSA) is 23.6 Å². The van der Waals surface area contributed by atoms with Crippen LogP contribution in [0.5, 0.6) is 0 Å². The van der Waals surface area contributed by atoms with E-state index in [0.717, 1.165) is 37.6 Å². The predicted molar refractivity (Wildman–Crippen MR) is 65.5 cm³/mol. The van der Waals surface area contributed by atoms with Crippen LogP contribution < -0.4 is 0 Å². The number of carbonyl (C=O) groups excluding carboxylic acids is 1. The molecular formula is C11H13ClN2OS. The van der Waals surface area contributed by atoms with Gasteiger partial charge in [0.25, 0.3) is 0 Å². The molecule has 3 nitrogen and oxygen atoms in total. The summed E-state index contributed by atoms with van der Waals surface area (Å²) in [6.45, 7) is 5.09. The van der Waals surface area contributed by atoms with E-state index >= 15 is 0 Å². The van der Waals surface area contributed by atoms with Crippen LogP contribution in [-0.4, -0.2) is 54.3 Å². The summed E-state index contributed by atoms with van der Waals surface area (Å²) in [4.78, 5) is 17.7. The van der Waals surface area contributed by atoms with Crippen molar-refractivity contribution in [2.24, 2.45) is 0 Å². The van der Waals surface area contributed by atoms with Crippen molar-refractivity contribution in [3.8, 4) is 0 Å². The molecule has 3 aliphatic rings. The number of thiophene rings is 1. The lowest BCUT2D eigenvalue weighted by molar-refractivity contribution is 0.0161. The first-order chi connectivity index (χ1) is 7.75. The molecule has 3 aliphatic heterocycles. The number of carbonyl (C=O) groups is 1. The predicted octanol–water partition coefficient (Wildman–Crippen LogP) is 1.58. The number of Topliss-reactive ketones (excluding diaryl/α,β-unsaturated/α-hetero) is 1. The highest BCUT2D eigenvalue weighted by molar-refractivity contribution is 7.12. The molecular weight excluding hydrogens is 244 g/mol. The summed E-state index contributed by atoms with van der Waals surface area (Å²) in [6, 6.07) is 1.83. The lowest BCUT2D eigenvalue weighted by Crippen LogP contribution is -2.63. The van der Waals surface area contributed by atoms with Crippen LogP contribution in [-0.2, 0) is 0 Å². The molecule has 0 aromatic carbocycles. The Hall–Kier alpha value is -0.420. The Balaban J connectivity index is 1.83. The highest BCUT2D eigenvalue weighted by Crippen LogP contribution is 2.27. The van der Waals surface area contributed by atoms with E-state index in [4.69, 9.17) is 11.6 Å². The molecule has 0 aliphatic carbocycles. The van der Waals surface area contributed by atoms with Gasteiger partial charge in [0.2, 0.25) is 0 Å². The molecule has 5 heteroatoms. The third-order valence-electron chi connectivity index (χ3n) is 3.42. The Morgan fingerprint density at radius 1 is 1.38 bits per heavy atom. The summed E-state index contributed by atoms with van der Waals surface area (Å²) in [5.74, 6) is 0.199. The first kappa shape index (κ1) is 10.7. The number of hydrogen-bond donors (Lipinski definition) is 0. The van der Waals surface area contributed by atoms with Gasteiger partial charge in [-0.05, 0) is 11.4 Å². The minimum Gasteiger partial charge on any atom is -0.299 e. The molecule has 1 aromatic heterocycles. The molecule has 2 bridgehead atoms. The zero-order chi connectivity index (χ0) is 11.1. The van der Waals surface area contributed by atoms with Gasteiger partial charge < -0.3 is 0 Å². The Labute approximate surface area is 104 Å². The van der Waals surface area contributed by atoms with Gasteiger partial charge in [0, 0.05) is 32.7 Å². The average molecular weight is 257 g/mol. The number of halogens is 1. The molecule has 3 fully saturated rings. The summed E-state index contributed by atoms with van der Waals surface area (Å²) in [7, 11) is 0. The van der Waals surface area contributed by atoms with Gasteiger partial charge in [-0.3, -0.25) is 14.6 Å². The van der Waals surface area contributed by atoms with Crippen molar-refractivity contribution < 1.29 is 4.79 Å². The van der Waals surface area contributed by atoms with Crippen molar-refractivity contribution in [3.05, 3.63) is 21.3 Å². The molecule has 4 rings (SSSR count). The minimum atomic E-state index is 0.0265. The fourth-order valence-corrected chi connectivity index (χ4v) is 3.62. The second kappa shape index (κ2) is 4.11. The average Bonchev–Trinajstić information content (AvgIpc) is 2.76. The van der Waals surface area contributed by atoms with Gasteiger partial charge in [-0.15, -0.1) is 11.3 Å². The van der Waals surface area contributed by atoms with Gasteiger partial charge >= 0.3 is 0 Å². The van der Waals surface area contributed by atoms with Crippen molar-refractivity contribution >= 4 is 28.7 Å². The van der Waals surface area contributed by atoms with Crippen LogP contribution in [0.2, 0.25) is 5.02 Å². The third-order valence-corrected chi connectivity index (χ3v) is 4.78. The number of nitrogens with zero attached hydrogens (tertiary/aromatic N) is 2. The van der Waals surface area contributed by atoms with E-state index in [-0.39, 0.29) is 11.8 Å². The number of fused-ring (bicyclic) bond motifs is 3. The summed E-state index contributed by atoms with van der Waals surface area (Å²) in [5, 5.41) is 2.49. The first-order valence-corrected chi connectivity index (χ1v) is 6.75. The van der Waals surface area contributed by atoms with Crippen LogP contribution >= 0.6 is 22.9 Å². The van der Waals surface area contributed by atoms with Gasteiger partial charge in [0.1, 0.15) is 0 Å². The molecule has 0 amide bonds. The molecule has 86 valence electrons. The fraction of sp³-hybridized carbons (Fsp3) is 0.545. The second-order valence-electron chi connectivity index (χ2n) is 4.31. The van der Waals surface area contributed by atoms with Gasteiger partial charge in [-0.2, -0.15) is 0 Å². The van der Waals surface area contributed by atoms with E-state index in [1.165, 1.54) is 11.3 Å². The number of piperazine rings is 3. The Bertz CT molecular complexity index is 412. The van der Waals surface area contributed by atoms with Crippen molar-refractivity contribution in [3.63, 3.8) is 0 Å². The molecule has 16 heavy (non-hydrogen) atoms. The molecule has 0 radical (unpaired) electrons. The molecule has 1 unspecified atom stereocenters. The maximum Gasteiger partial charge on any atom is 0.192 e. The molecule has 4 heterocycles. The van der Waals surface area contributed by atoms with Crippen molar-refractivity contribution in [1.29, 1.82) is 0 Å². The van der Waals surface area contributed by atoms with Crippen LogP contribution in [0.3, 0.4) is 0 Å². The van der Waals surface area contributed by atoms with Crippen LogP contribution in [0.4, 0.5) is 0 Å². The minimum absolute atomic E-state index is 0.0265. The van der Waals surface area contributed by atoms with Crippen LogP contribution in [0.25, 0.3) is 0 Å². The second-order valence-corrected chi connectivity index (χ2v) is 5.64. The largest absolute Gasteiger partial charge is 0.299 e. The quantitative estimate of drug-likeness (QED) is 0.751. The summed E-state index contributed by atoms with van der Waals surface area (Å²) in [5.41, 5.74) is 0. The third kappa shape index (κ3) is 1.70. The molecule has 0 spiro atoms. The molecule has 0 N–H and O–H groups in total. The van der Waals surface area contributed by atoms with E-state index in [0.29, 0.717) is 5.02 Å². The summed E-state index contributed by atoms with van der Waals surface area (Å²) in [6.07, 6.45) is 0. The summed E-state index contributed by atoms with van der Waals surface area (Å²) < 4.78 is 0. The summed E-state index contributed by atoms with van der Waals surface area (Å²) >= 11 is 7.47. The van der Waals surface area contributed by atoms with Gasteiger partial charge in [-0.1, -0.05) is 11.6 Å². The Morgan fingerprint density at radius 2 is 2.12 bits per heavy atom. The monoisotopic (exact) mass is 256 g/mol. The first-order valence-electron chi connectivity index (χ1n) is 5.49. The number of hydrogen-bond acceptors (Lipinski definition) is 4. The maximum atomic E-state index is 12.3. The zero-order valence-corrected chi connectivity index (χ0v) is 10.4. The van der Waals surface area contributed by atoms with Crippen LogP contribution in [0, 0.1) is 0 Å². The zero-order valence-electron chi connectivity index (χ0n) is 8.86. The lowest BCUT2D eigenvalue weighted by atomic mass is 10.0. The SMILES string of the molecule is O=C(c1sccc1Cl)C1CN2CCN1CC2. The standard InChI is InChI=1S/C11H13ClN2OS/c12-8-1-6-16-11(8)10(15)9-7-13-2-4-14(9)5-3-13/h1,6,9H,2-5,7H2. The Morgan fingerprint density at radius 3 is 2.62 bits per heavy atom. The smallest absolute Gasteiger partial charge is 0.192 e. The molecule has 3 saturated heterocycles. The van der Waals surface area contributed by atoms with E-state index in [1.807, 2.05) is 5.38 Å². The lowest BCUT2D eigenvalue weighted by Gasteiger charge is -2.46. The highest BCUT2D eigenvalue weighted by atomic mass is 35.5.